The number of hydrogen-bond donors (Lipinski definition) is 2. The molecule has 152 valence electrons. The molecule has 0 spiro atoms. The number of aliphatic hydroxyl groups is 1. The molecule has 1 heterocycles. The van der Waals surface area contributed by atoms with E-state index in [2.05, 4.69) is 41.9 Å². The van der Waals surface area contributed by atoms with Crippen LogP contribution < -0.4 is 10.6 Å². The fraction of sp³-hybridized carbons (Fsp3) is 0.565. The summed E-state index contributed by atoms with van der Waals surface area (Å²) in [5.74, 6) is 0.175. The molecule has 2 fully saturated rings. The molecule has 3 rings (SSSR count). The van der Waals surface area contributed by atoms with Crippen LogP contribution in [0.2, 0.25) is 0 Å². The molecule has 0 radical (unpaired) electrons. The molecule has 1 aromatic carbocycles. The van der Waals surface area contributed by atoms with E-state index in [9.17, 15) is 9.90 Å². The van der Waals surface area contributed by atoms with Crippen molar-refractivity contribution in [3.63, 3.8) is 0 Å². The Bertz CT molecular complexity index is 789. The maximum absolute atomic E-state index is 11.6. The average Bonchev–Trinajstić information content (AvgIpc) is 3.16. The number of nitrogens with two attached hydrogens (primary N) is 1. The highest BCUT2D eigenvalue weighted by atomic mass is 16.3. The molecule has 0 amide bonds. The Hall–Kier alpha value is -2.14. The van der Waals surface area contributed by atoms with E-state index in [-0.39, 0.29) is 11.7 Å². The third kappa shape index (κ3) is 4.46. The number of nitrogens with zero attached hydrogens (tertiary/aromatic N) is 2. The quantitative estimate of drug-likeness (QED) is 0.765. The van der Waals surface area contributed by atoms with Gasteiger partial charge in [-0.05, 0) is 74.6 Å². The molecule has 0 aromatic heterocycles. The lowest BCUT2D eigenvalue weighted by molar-refractivity contribution is -0.113. The van der Waals surface area contributed by atoms with Crippen LogP contribution in [0.5, 0.6) is 0 Å². The zero-order chi connectivity index (χ0) is 20.3. The molecule has 5 heteroatoms. The third-order valence-corrected chi connectivity index (χ3v) is 6.36. The molecule has 3 N–H and O–H groups in total. The van der Waals surface area contributed by atoms with Crippen molar-refractivity contribution < 1.29 is 9.90 Å². The number of carbonyl (C=O) groups excluding carboxylic acids is 1. The molecule has 2 aliphatic rings. The average molecular weight is 384 g/mol. The highest BCUT2D eigenvalue weighted by molar-refractivity contribution is 6.08. The molecule has 1 atom stereocenters. The minimum Gasteiger partial charge on any atom is -0.396 e. The largest absolute Gasteiger partial charge is 0.396 e. The van der Waals surface area contributed by atoms with Crippen molar-refractivity contribution in [2.75, 3.05) is 24.5 Å². The van der Waals surface area contributed by atoms with Crippen LogP contribution in [0.25, 0.3) is 0 Å². The number of piperidine rings is 1. The van der Waals surface area contributed by atoms with Crippen molar-refractivity contribution in [3.8, 4) is 0 Å². The Morgan fingerprint density at radius 3 is 2.68 bits per heavy atom. The number of ketones is 1. The van der Waals surface area contributed by atoms with E-state index in [0.717, 1.165) is 56.5 Å². The van der Waals surface area contributed by atoms with E-state index < -0.39 is 6.10 Å². The summed E-state index contributed by atoms with van der Waals surface area (Å²) in [6.07, 6.45) is 4.14. The molecule has 0 bridgehead atoms. The lowest BCUT2D eigenvalue weighted by Crippen LogP contribution is -2.39. The number of allylic oxidation sites excluding steroid dienone is 2. The summed E-state index contributed by atoms with van der Waals surface area (Å²) < 4.78 is 0. The lowest BCUT2D eigenvalue weighted by Gasteiger charge is -2.36. The number of hydrogen-bond acceptors (Lipinski definition) is 5. The molecule has 28 heavy (non-hydrogen) atoms. The highest BCUT2D eigenvalue weighted by Crippen LogP contribution is 2.29. The summed E-state index contributed by atoms with van der Waals surface area (Å²) in [4.78, 5) is 18.6. The van der Waals surface area contributed by atoms with Crippen LogP contribution in [-0.4, -0.2) is 42.3 Å². The monoisotopic (exact) mass is 383 g/mol. The topological polar surface area (TPSA) is 78.9 Å². The number of aryl methyl sites for hydroxylation is 1. The zero-order valence-electron chi connectivity index (χ0n) is 17.4. The van der Waals surface area contributed by atoms with Gasteiger partial charge in [0, 0.05) is 31.4 Å². The van der Waals surface area contributed by atoms with Gasteiger partial charge in [-0.1, -0.05) is 12.1 Å². The number of carbonyl (C=O) groups is 1. The minimum absolute atomic E-state index is 0.0936. The molecule has 1 unspecified atom stereocenters. The SMILES string of the molecule is CC(=O)/C(N)=C1\CCCC1=NCC(O)C1CCN(c2cccc(C)c2C)CC1. The Balaban J connectivity index is 1.58. The second kappa shape index (κ2) is 8.91. The smallest absolute Gasteiger partial charge is 0.175 e. The van der Waals surface area contributed by atoms with Gasteiger partial charge in [0.1, 0.15) is 0 Å². The molecule has 5 nitrogen and oxygen atoms in total. The first-order chi connectivity index (χ1) is 13.4. The van der Waals surface area contributed by atoms with Crippen LogP contribution in [0, 0.1) is 19.8 Å². The van der Waals surface area contributed by atoms with Gasteiger partial charge >= 0.3 is 0 Å². The maximum atomic E-state index is 11.6. The van der Waals surface area contributed by atoms with Crippen LogP contribution >= 0.6 is 0 Å². The van der Waals surface area contributed by atoms with Gasteiger partial charge in [-0.2, -0.15) is 0 Å². The number of aliphatic hydroxyl groups excluding tert-OH is 1. The van der Waals surface area contributed by atoms with Gasteiger partial charge in [0.2, 0.25) is 0 Å². The summed E-state index contributed by atoms with van der Waals surface area (Å²) >= 11 is 0. The van der Waals surface area contributed by atoms with Gasteiger partial charge in [-0.3, -0.25) is 9.79 Å². The zero-order valence-corrected chi connectivity index (χ0v) is 17.4. The lowest BCUT2D eigenvalue weighted by atomic mass is 9.90. The molecule has 1 aliphatic heterocycles. The van der Waals surface area contributed by atoms with Crippen LogP contribution in [0.3, 0.4) is 0 Å². The molecule has 1 saturated heterocycles. The number of rotatable bonds is 5. The van der Waals surface area contributed by atoms with Gasteiger partial charge in [-0.25, -0.2) is 0 Å². The van der Waals surface area contributed by atoms with Crippen molar-refractivity contribution >= 4 is 17.2 Å². The minimum atomic E-state index is -0.436. The van der Waals surface area contributed by atoms with Crippen LogP contribution in [0.1, 0.15) is 50.2 Å². The van der Waals surface area contributed by atoms with E-state index in [1.54, 1.807) is 0 Å². The first-order valence-corrected chi connectivity index (χ1v) is 10.4. The normalized spacial score (nSPS) is 22.6. The maximum Gasteiger partial charge on any atom is 0.175 e. The molecular formula is C23H33N3O2. The predicted octanol–water partition coefficient (Wildman–Crippen LogP) is 3.31. The van der Waals surface area contributed by atoms with Crippen LogP contribution in [0.4, 0.5) is 5.69 Å². The fourth-order valence-corrected chi connectivity index (χ4v) is 4.36. The van der Waals surface area contributed by atoms with E-state index in [1.807, 2.05) is 0 Å². The Kier molecular flexibility index (Phi) is 6.55. The second-order valence-electron chi connectivity index (χ2n) is 8.20. The summed E-state index contributed by atoms with van der Waals surface area (Å²) in [6, 6.07) is 6.46. The van der Waals surface area contributed by atoms with Crippen molar-refractivity contribution in [2.45, 2.75) is 59.0 Å². The highest BCUT2D eigenvalue weighted by Gasteiger charge is 2.27. The number of aliphatic imine (C=N–C) groups is 1. The summed E-state index contributed by atoms with van der Waals surface area (Å²) in [7, 11) is 0. The number of Topliss-reactive ketones (excluding diaryl/α,β-unsaturated/α-hetero) is 1. The van der Waals surface area contributed by atoms with Gasteiger partial charge in [0.05, 0.1) is 18.3 Å². The third-order valence-electron chi connectivity index (χ3n) is 6.36. The van der Waals surface area contributed by atoms with Gasteiger partial charge in [0.15, 0.2) is 5.78 Å². The van der Waals surface area contributed by atoms with Gasteiger partial charge in [-0.15, -0.1) is 0 Å². The van der Waals surface area contributed by atoms with E-state index in [4.69, 9.17) is 5.73 Å². The van der Waals surface area contributed by atoms with E-state index >= 15 is 0 Å². The summed E-state index contributed by atoms with van der Waals surface area (Å²) in [6.45, 7) is 8.16. The fourth-order valence-electron chi connectivity index (χ4n) is 4.36. The Morgan fingerprint density at radius 2 is 2.00 bits per heavy atom. The molecule has 1 saturated carbocycles. The standard InChI is InChI=1S/C23H33N3O2/c1-15-6-4-9-21(16(15)2)26-12-10-18(11-13-26)22(28)14-25-20-8-5-7-19(20)23(24)17(3)27/h4,6,9,18,22,28H,5,7-8,10-14,24H2,1-3H3/b23-19-,25-20?. The van der Waals surface area contributed by atoms with Crippen LogP contribution in [-0.2, 0) is 4.79 Å². The van der Waals surface area contributed by atoms with E-state index in [1.165, 1.54) is 23.7 Å². The van der Waals surface area contributed by atoms with E-state index in [0.29, 0.717) is 12.2 Å². The first kappa shape index (κ1) is 20.6. The summed E-state index contributed by atoms with van der Waals surface area (Å²) in [5.41, 5.74) is 12.1. The van der Waals surface area contributed by atoms with Gasteiger partial charge < -0.3 is 15.7 Å². The first-order valence-electron chi connectivity index (χ1n) is 10.4. The molecular weight excluding hydrogens is 350 g/mol. The molecule has 1 aliphatic carbocycles. The van der Waals surface area contributed by atoms with Crippen molar-refractivity contribution in [1.82, 2.24) is 0 Å². The Labute approximate surface area is 168 Å². The predicted molar refractivity (Wildman–Crippen MR) is 115 cm³/mol. The van der Waals surface area contributed by atoms with Gasteiger partial charge in [0.25, 0.3) is 0 Å². The summed E-state index contributed by atoms with van der Waals surface area (Å²) in [5, 5.41) is 10.7. The molecule has 1 aromatic rings. The Morgan fingerprint density at radius 1 is 1.29 bits per heavy atom. The van der Waals surface area contributed by atoms with Crippen molar-refractivity contribution in [1.29, 1.82) is 0 Å². The number of anilines is 1. The second-order valence-corrected chi connectivity index (χ2v) is 8.20. The van der Waals surface area contributed by atoms with Crippen LogP contribution in [0.15, 0.2) is 34.5 Å². The van der Waals surface area contributed by atoms with Crippen molar-refractivity contribution in [3.05, 3.63) is 40.6 Å². The number of benzene rings is 1. The van der Waals surface area contributed by atoms with Crippen molar-refractivity contribution in [2.24, 2.45) is 16.6 Å².